The van der Waals surface area contributed by atoms with Crippen molar-refractivity contribution in [3.8, 4) is 5.69 Å². The second-order valence-corrected chi connectivity index (χ2v) is 4.62. The fourth-order valence-corrected chi connectivity index (χ4v) is 1.76. The minimum absolute atomic E-state index is 0.124. The molecule has 2 rings (SSSR count). The fourth-order valence-electron chi connectivity index (χ4n) is 1.76. The summed E-state index contributed by atoms with van der Waals surface area (Å²) < 4.78 is 1.74. The Morgan fingerprint density at radius 3 is 2.67 bits per heavy atom. The number of benzene rings is 1. The van der Waals surface area contributed by atoms with Crippen molar-refractivity contribution in [1.82, 2.24) is 9.78 Å². The quantitative estimate of drug-likeness (QED) is 0.752. The summed E-state index contributed by atoms with van der Waals surface area (Å²) in [4.78, 5) is 12.0. The lowest BCUT2D eigenvalue weighted by molar-refractivity contribution is 0.0958. The van der Waals surface area contributed by atoms with E-state index in [0.29, 0.717) is 18.0 Å². The molecule has 0 spiro atoms. The predicted octanol–water partition coefficient (Wildman–Crippen LogP) is 3.49. The van der Waals surface area contributed by atoms with Crippen LogP contribution in [0.2, 0.25) is 0 Å². The minimum atomic E-state index is 0.124. The largest absolute Gasteiger partial charge is 0.292 e. The first kappa shape index (κ1) is 12.6. The molecule has 1 unspecified atom stereocenters. The molecule has 0 N–H and O–H groups in total. The SMILES string of the molecule is CCC(C)CC(=O)c1ccn(-c2ccccc2)n1. The van der Waals surface area contributed by atoms with Crippen molar-refractivity contribution in [3.05, 3.63) is 48.3 Å². The molecule has 0 aliphatic rings. The van der Waals surface area contributed by atoms with Gasteiger partial charge >= 0.3 is 0 Å². The molecule has 1 aromatic carbocycles. The van der Waals surface area contributed by atoms with Crippen LogP contribution in [0.15, 0.2) is 42.6 Å². The maximum Gasteiger partial charge on any atom is 0.183 e. The average Bonchev–Trinajstić information content (AvgIpc) is 2.89. The second kappa shape index (κ2) is 5.63. The summed E-state index contributed by atoms with van der Waals surface area (Å²) in [5, 5.41) is 4.33. The van der Waals surface area contributed by atoms with Gasteiger partial charge in [0.05, 0.1) is 5.69 Å². The molecule has 0 saturated carbocycles. The van der Waals surface area contributed by atoms with Crippen molar-refractivity contribution >= 4 is 5.78 Å². The Kier molecular flexibility index (Phi) is 3.92. The molecule has 3 heteroatoms. The van der Waals surface area contributed by atoms with Crippen LogP contribution in [0.5, 0.6) is 0 Å². The first-order valence-corrected chi connectivity index (χ1v) is 6.35. The van der Waals surface area contributed by atoms with Gasteiger partial charge in [-0.25, -0.2) is 4.68 Å². The van der Waals surface area contributed by atoms with E-state index in [1.807, 2.05) is 36.5 Å². The first-order valence-electron chi connectivity index (χ1n) is 6.35. The van der Waals surface area contributed by atoms with Crippen molar-refractivity contribution in [1.29, 1.82) is 0 Å². The first-order chi connectivity index (χ1) is 8.70. The van der Waals surface area contributed by atoms with E-state index in [9.17, 15) is 4.79 Å². The fraction of sp³-hybridized carbons (Fsp3) is 0.333. The number of hydrogen-bond donors (Lipinski definition) is 0. The molecule has 18 heavy (non-hydrogen) atoms. The van der Waals surface area contributed by atoms with E-state index >= 15 is 0 Å². The lowest BCUT2D eigenvalue weighted by Crippen LogP contribution is -2.07. The third-order valence-corrected chi connectivity index (χ3v) is 3.13. The van der Waals surface area contributed by atoms with Gasteiger partial charge in [0.15, 0.2) is 5.78 Å². The molecule has 0 fully saturated rings. The highest BCUT2D eigenvalue weighted by molar-refractivity contribution is 5.94. The molecule has 0 amide bonds. The highest BCUT2D eigenvalue weighted by Gasteiger charge is 2.13. The van der Waals surface area contributed by atoms with Gasteiger partial charge in [0.1, 0.15) is 5.69 Å². The number of carbonyl (C=O) groups is 1. The molecule has 3 nitrogen and oxygen atoms in total. The van der Waals surface area contributed by atoms with Gasteiger partial charge in [0.25, 0.3) is 0 Å². The van der Waals surface area contributed by atoms with Gasteiger partial charge in [-0.3, -0.25) is 4.79 Å². The number of hydrogen-bond acceptors (Lipinski definition) is 2. The van der Waals surface area contributed by atoms with E-state index in [-0.39, 0.29) is 5.78 Å². The van der Waals surface area contributed by atoms with Gasteiger partial charge < -0.3 is 0 Å². The van der Waals surface area contributed by atoms with Crippen LogP contribution in [-0.2, 0) is 0 Å². The zero-order valence-corrected chi connectivity index (χ0v) is 10.8. The van der Waals surface area contributed by atoms with Crippen LogP contribution in [0.4, 0.5) is 0 Å². The van der Waals surface area contributed by atoms with Crippen LogP contribution in [0.25, 0.3) is 5.69 Å². The Balaban J connectivity index is 2.13. The summed E-state index contributed by atoms with van der Waals surface area (Å²) in [6, 6.07) is 11.6. The Hall–Kier alpha value is -1.90. The number of rotatable bonds is 5. The van der Waals surface area contributed by atoms with Gasteiger partial charge in [0, 0.05) is 12.6 Å². The number of aromatic nitrogens is 2. The van der Waals surface area contributed by atoms with Crippen molar-refractivity contribution in [2.45, 2.75) is 26.7 Å². The molecule has 0 saturated heterocycles. The molecule has 0 bridgehead atoms. The lowest BCUT2D eigenvalue weighted by Gasteiger charge is -2.05. The maximum absolute atomic E-state index is 12.0. The normalized spacial score (nSPS) is 12.3. The maximum atomic E-state index is 12.0. The van der Waals surface area contributed by atoms with E-state index < -0.39 is 0 Å². The molecule has 1 atom stereocenters. The predicted molar refractivity (Wildman–Crippen MR) is 72.0 cm³/mol. The summed E-state index contributed by atoms with van der Waals surface area (Å²) in [5.74, 6) is 0.540. The smallest absolute Gasteiger partial charge is 0.183 e. The van der Waals surface area contributed by atoms with Crippen LogP contribution in [0.3, 0.4) is 0 Å². The third kappa shape index (κ3) is 2.86. The Morgan fingerprint density at radius 2 is 2.00 bits per heavy atom. The third-order valence-electron chi connectivity index (χ3n) is 3.13. The number of carbonyl (C=O) groups excluding carboxylic acids is 1. The molecule has 1 heterocycles. The van der Waals surface area contributed by atoms with Crippen molar-refractivity contribution in [2.75, 3.05) is 0 Å². The van der Waals surface area contributed by atoms with E-state index in [0.717, 1.165) is 12.1 Å². The van der Waals surface area contributed by atoms with Crippen LogP contribution < -0.4 is 0 Å². The van der Waals surface area contributed by atoms with Gasteiger partial charge in [-0.15, -0.1) is 0 Å². The van der Waals surface area contributed by atoms with Gasteiger partial charge in [-0.2, -0.15) is 5.10 Å². The Bertz CT molecular complexity index is 516. The summed E-state index contributed by atoms with van der Waals surface area (Å²) in [6.45, 7) is 4.19. The summed E-state index contributed by atoms with van der Waals surface area (Å²) >= 11 is 0. The molecule has 94 valence electrons. The summed E-state index contributed by atoms with van der Waals surface area (Å²) in [5.41, 5.74) is 1.53. The highest BCUT2D eigenvalue weighted by atomic mass is 16.1. The van der Waals surface area contributed by atoms with Crippen molar-refractivity contribution in [2.24, 2.45) is 5.92 Å². The topological polar surface area (TPSA) is 34.9 Å². The Morgan fingerprint density at radius 1 is 1.28 bits per heavy atom. The molecule has 0 aliphatic heterocycles. The zero-order chi connectivity index (χ0) is 13.0. The van der Waals surface area contributed by atoms with E-state index in [1.165, 1.54) is 0 Å². The van der Waals surface area contributed by atoms with Crippen LogP contribution >= 0.6 is 0 Å². The van der Waals surface area contributed by atoms with E-state index in [2.05, 4.69) is 18.9 Å². The van der Waals surface area contributed by atoms with Crippen LogP contribution in [0, 0.1) is 5.92 Å². The number of ketones is 1. The second-order valence-electron chi connectivity index (χ2n) is 4.62. The highest BCUT2D eigenvalue weighted by Crippen LogP contribution is 2.13. The van der Waals surface area contributed by atoms with Gasteiger partial charge in [-0.1, -0.05) is 38.5 Å². The monoisotopic (exact) mass is 242 g/mol. The molecule has 1 aromatic heterocycles. The number of Topliss-reactive ketones (excluding diaryl/α,β-unsaturated/α-hetero) is 1. The minimum Gasteiger partial charge on any atom is -0.292 e. The van der Waals surface area contributed by atoms with Gasteiger partial charge in [0.2, 0.25) is 0 Å². The molecule has 2 aromatic rings. The molecule has 0 radical (unpaired) electrons. The number of para-hydroxylation sites is 1. The standard InChI is InChI=1S/C15H18N2O/c1-3-12(2)11-15(18)14-9-10-17(16-14)13-7-5-4-6-8-13/h4-10,12H,3,11H2,1-2H3. The average molecular weight is 242 g/mol. The van der Waals surface area contributed by atoms with E-state index in [1.54, 1.807) is 10.7 Å². The van der Waals surface area contributed by atoms with Crippen molar-refractivity contribution in [3.63, 3.8) is 0 Å². The van der Waals surface area contributed by atoms with Gasteiger partial charge in [-0.05, 0) is 24.1 Å². The van der Waals surface area contributed by atoms with Crippen LogP contribution in [-0.4, -0.2) is 15.6 Å². The lowest BCUT2D eigenvalue weighted by atomic mass is 10.0. The number of nitrogens with zero attached hydrogens (tertiary/aromatic N) is 2. The van der Waals surface area contributed by atoms with Crippen LogP contribution in [0.1, 0.15) is 37.2 Å². The molecular formula is C15H18N2O. The Labute approximate surface area is 107 Å². The van der Waals surface area contributed by atoms with Crippen molar-refractivity contribution < 1.29 is 4.79 Å². The zero-order valence-electron chi connectivity index (χ0n) is 10.8. The summed E-state index contributed by atoms with van der Waals surface area (Å²) in [6.07, 6.45) is 3.42. The molecular weight excluding hydrogens is 224 g/mol. The van der Waals surface area contributed by atoms with E-state index in [4.69, 9.17) is 0 Å². The molecule has 0 aliphatic carbocycles. The summed E-state index contributed by atoms with van der Waals surface area (Å²) in [7, 11) is 0.